The summed E-state index contributed by atoms with van der Waals surface area (Å²) in [7, 11) is -4.19. The summed E-state index contributed by atoms with van der Waals surface area (Å²) in [5.41, 5.74) is 1.27. The third-order valence-electron chi connectivity index (χ3n) is 3.55. The van der Waals surface area contributed by atoms with Gasteiger partial charge in [0.05, 0.1) is 0 Å². The van der Waals surface area contributed by atoms with Gasteiger partial charge in [0.1, 0.15) is 0 Å². The highest BCUT2D eigenvalue weighted by Crippen LogP contribution is 2.28. The van der Waals surface area contributed by atoms with Crippen LogP contribution in [0.3, 0.4) is 0 Å². The van der Waals surface area contributed by atoms with Gasteiger partial charge in [-0.2, -0.15) is 8.42 Å². The number of hydrogen-bond acceptors (Lipinski definition) is 5. The summed E-state index contributed by atoms with van der Waals surface area (Å²) in [6, 6.07) is 18.2. The molecule has 0 saturated carbocycles. The van der Waals surface area contributed by atoms with Crippen molar-refractivity contribution in [1.29, 1.82) is 0 Å². The van der Waals surface area contributed by atoms with Crippen LogP contribution in [0.1, 0.15) is 10.5 Å². The van der Waals surface area contributed by atoms with E-state index < -0.39 is 21.9 Å². The van der Waals surface area contributed by atoms with Gasteiger partial charge >= 0.3 is 16.2 Å². The number of nitrogens with zero attached hydrogens (tertiary/aromatic N) is 1. The van der Waals surface area contributed by atoms with Crippen LogP contribution in [0.5, 0.6) is 0 Å². The van der Waals surface area contributed by atoms with E-state index in [1.54, 1.807) is 24.3 Å². The lowest BCUT2D eigenvalue weighted by Crippen LogP contribution is -2.24. The average Bonchev–Trinajstić information content (AvgIpc) is 3.07. The Morgan fingerprint density at radius 2 is 1.69 bits per heavy atom. The van der Waals surface area contributed by atoms with Gasteiger partial charge in [0.15, 0.2) is 5.69 Å². The highest BCUT2D eigenvalue weighted by atomic mass is 32.2. The number of nitrogens with two attached hydrogens (primary N) is 1. The van der Waals surface area contributed by atoms with Crippen molar-refractivity contribution in [3.63, 3.8) is 0 Å². The molecule has 0 radical (unpaired) electrons. The standard InChI is InChI=1S/C17H15N3O4S2/c18-26(23,24)20-11-10-15(16(20)17(21)22)12-6-8-13(9-7-12)19-25-14-4-2-1-3-5-14/h1-11,19H,(H,21,22)(H2,18,23,24). The number of nitrogens with one attached hydrogen (secondary N) is 1. The van der Waals surface area contributed by atoms with Crippen LogP contribution in [0, 0.1) is 0 Å². The van der Waals surface area contributed by atoms with Crippen molar-refractivity contribution < 1.29 is 18.3 Å². The van der Waals surface area contributed by atoms with E-state index in [9.17, 15) is 18.3 Å². The molecule has 0 unspecified atom stereocenters. The Labute approximate surface area is 154 Å². The fourth-order valence-corrected chi connectivity index (χ4v) is 3.72. The summed E-state index contributed by atoms with van der Waals surface area (Å²) >= 11 is 1.45. The van der Waals surface area contributed by atoms with E-state index in [-0.39, 0.29) is 5.56 Å². The molecule has 1 aromatic heterocycles. The maximum absolute atomic E-state index is 11.5. The van der Waals surface area contributed by atoms with Gasteiger partial charge in [-0.05, 0) is 47.8 Å². The molecule has 3 aromatic rings. The van der Waals surface area contributed by atoms with Crippen molar-refractivity contribution in [3.05, 3.63) is 72.6 Å². The van der Waals surface area contributed by atoms with Gasteiger partial charge in [-0.15, -0.1) is 0 Å². The first-order valence-corrected chi connectivity index (χ1v) is 9.74. The van der Waals surface area contributed by atoms with Crippen LogP contribution >= 0.6 is 11.9 Å². The van der Waals surface area contributed by atoms with Gasteiger partial charge in [-0.1, -0.05) is 30.3 Å². The van der Waals surface area contributed by atoms with Crippen LogP contribution in [0.4, 0.5) is 5.69 Å². The zero-order valence-electron chi connectivity index (χ0n) is 13.4. The van der Waals surface area contributed by atoms with Crippen LogP contribution in [-0.4, -0.2) is 23.5 Å². The van der Waals surface area contributed by atoms with Crippen molar-refractivity contribution in [3.8, 4) is 11.1 Å². The molecule has 0 aliphatic carbocycles. The highest BCUT2D eigenvalue weighted by Gasteiger charge is 2.22. The molecule has 9 heteroatoms. The lowest BCUT2D eigenvalue weighted by molar-refractivity contribution is 0.0690. The molecule has 2 aromatic carbocycles. The summed E-state index contributed by atoms with van der Waals surface area (Å²) in [6.07, 6.45) is 1.13. The summed E-state index contributed by atoms with van der Waals surface area (Å²) < 4.78 is 26.8. The number of carboxylic acid groups (broad SMARTS) is 1. The number of hydrogen-bond donors (Lipinski definition) is 3. The Balaban J connectivity index is 1.85. The third kappa shape index (κ3) is 3.90. The van der Waals surface area contributed by atoms with Crippen molar-refractivity contribution >= 4 is 33.8 Å². The van der Waals surface area contributed by atoms with E-state index in [0.29, 0.717) is 9.54 Å². The first-order chi connectivity index (χ1) is 12.4. The number of aromatic nitrogens is 1. The molecule has 4 N–H and O–H groups in total. The number of aromatic carboxylic acids is 1. The molecule has 0 atom stereocenters. The predicted octanol–water partition coefficient (Wildman–Crippen LogP) is 3.02. The Morgan fingerprint density at radius 1 is 1.04 bits per heavy atom. The van der Waals surface area contributed by atoms with E-state index in [4.69, 9.17) is 5.14 Å². The van der Waals surface area contributed by atoms with Crippen LogP contribution in [0.15, 0.2) is 71.8 Å². The molecule has 0 aliphatic rings. The topological polar surface area (TPSA) is 114 Å². The van der Waals surface area contributed by atoms with Gasteiger partial charge in [-0.3, -0.25) is 0 Å². The molecule has 0 spiro atoms. The molecule has 26 heavy (non-hydrogen) atoms. The molecular formula is C17H15N3O4S2. The lowest BCUT2D eigenvalue weighted by atomic mass is 10.1. The van der Waals surface area contributed by atoms with E-state index in [0.717, 1.165) is 16.8 Å². The lowest BCUT2D eigenvalue weighted by Gasteiger charge is -2.08. The number of rotatable bonds is 6. The molecule has 134 valence electrons. The van der Waals surface area contributed by atoms with Crippen LogP contribution < -0.4 is 9.86 Å². The largest absolute Gasteiger partial charge is 0.477 e. The molecule has 0 aliphatic heterocycles. The molecule has 7 nitrogen and oxygen atoms in total. The van der Waals surface area contributed by atoms with Crippen molar-refractivity contribution in [1.82, 2.24) is 3.97 Å². The minimum Gasteiger partial charge on any atom is -0.477 e. The molecule has 1 heterocycles. The number of benzene rings is 2. The average molecular weight is 389 g/mol. The van der Waals surface area contributed by atoms with Gasteiger partial charge < -0.3 is 9.83 Å². The highest BCUT2D eigenvalue weighted by molar-refractivity contribution is 8.00. The maximum Gasteiger partial charge on any atom is 0.354 e. The minimum absolute atomic E-state index is 0.272. The number of anilines is 1. The predicted molar refractivity (Wildman–Crippen MR) is 101 cm³/mol. The second-order valence-electron chi connectivity index (χ2n) is 5.32. The SMILES string of the molecule is NS(=O)(=O)n1ccc(-c2ccc(NSc3ccccc3)cc2)c1C(=O)O. The molecular weight excluding hydrogens is 374 g/mol. The number of carboxylic acids is 1. The van der Waals surface area contributed by atoms with Crippen LogP contribution in [0.25, 0.3) is 11.1 Å². The van der Waals surface area contributed by atoms with Gasteiger partial charge in [-0.25, -0.2) is 13.9 Å². The molecule has 3 rings (SSSR count). The normalized spacial score (nSPS) is 11.3. The van der Waals surface area contributed by atoms with Crippen LogP contribution in [0.2, 0.25) is 0 Å². The molecule has 0 bridgehead atoms. The number of carbonyl (C=O) groups is 1. The van der Waals surface area contributed by atoms with Gasteiger partial charge in [0.25, 0.3) is 0 Å². The smallest absolute Gasteiger partial charge is 0.354 e. The Bertz CT molecular complexity index is 1030. The first kappa shape index (κ1) is 18.1. The van der Waals surface area contributed by atoms with Crippen molar-refractivity contribution in [2.75, 3.05) is 4.72 Å². The van der Waals surface area contributed by atoms with Gasteiger partial charge in [0, 0.05) is 22.3 Å². The monoisotopic (exact) mass is 389 g/mol. The fraction of sp³-hybridized carbons (Fsp3) is 0. The zero-order chi connectivity index (χ0) is 18.7. The Kier molecular flexibility index (Phi) is 5.03. The summed E-state index contributed by atoms with van der Waals surface area (Å²) in [5.74, 6) is -1.37. The first-order valence-electron chi connectivity index (χ1n) is 7.42. The Hall–Kier alpha value is -2.75. The summed E-state index contributed by atoms with van der Waals surface area (Å²) in [5, 5.41) is 14.4. The fourth-order valence-electron chi connectivity index (χ4n) is 2.39. The van der Waals surface area contributed by atoms with Crippen LogP contribution in [-0.2, 0) is 10.2 Å². The van der Waals surface area contributed by atoms with E-state index in [1.807, 2.05) is 30.3 Å². The Morgan fingerprint density at radius 3 is 2.27 bits per heavy atom. The zero-order valence-corrected chi connectivity index (χ0v) is 15.0. The molecule has 0 amide bonds. The third-order valence-corrected chi connectivity index (χ3v) is 5.25. The summed E-state index contributed by atoms with van der Waals surface area (Å²) in [6.45, 7) is 0. The van der Waals surface area contributed by atoms with E-state index >= 15 is 0 Å². The van der Waals surface area contributed by atoms with Gasteiger partial charge in [0.2, 0.25) is 0 Å². The quantitative estimate of drug-likeness (QED) is 0.558. The molecule has 0 saturated heterocycles. The second kappa shape index (κ2) is 7.24. The van der Waals surface area contributed by atoms with Crippen molar-refractivity contribution in [2.45, 2.75) is 4.90 Å². The minimum atomic E-state index is -4.19. The van der Waals surface area contributed by atoms with E-state index in [2.05, 4.69) is 4.72 Å². The summed E-state index contributed by atoms with van der Waals surface area (Å²) in [4.78, 5) is 12.5. The second-order valence-corrected chi connectivity index (χ2v) is 7.62. The van der Waals surface area contributed by atoms with E-state index in [1.165, 1.54) is 18.0 Å². The maximum atomic E-state index is 11.5. The van der Waals surface area contributed by atoms with Crippen molar-refractivity contribution in [2.24, 2.45) is 5.14 Å². The molecule has 0 fully saturated rings.